The molecule has 1 aliphatic rings. The number of aliphatic hydroxyl groups excluding tert-OH is 1. The lowest BCUT2D eigenvalue weighted by Crippen LogP contribution is -2.07. The van der Waals surface area contributed by atoms with E-state index in [4.69, 9.17) is 10.2 Å². The number of aliphatic hydroxyl groups is 2. The van der Waals surface area contributed by atoms with Gasteiger partial charge in [0.25, 0.3) is 0 Å². The summed E-state index contributed by atoms with van der Waals surface area (Å²) >= 11 is 3.36. The van der Waals surface area contributed by atoms with Gasteiger partial charge in [0.05, 0.1) is 0 Å². The van der Waals surface area contributed by atoms with Crippen molar-refractivity contribution in [2.75, 3.05) is 0 Å². The van der Waals surface area contributed by atoms with Crippen molar-refractivity contribution in [3.05, 3.63) is 34.3 Å². The lowest BCUT2D eigenvalue weighted by atomic mass is 10.1. The van der Waals surface area contributed by atoms with Gasteiger partial charge in [-0.3, -0.25) is 0 Å². The Morgan fingerprint density at radius 2 is 1.85 bits per heavy atom. The van der Waals surface area contributed by atoms with E-state index >= 15 is 0 Å². The molecule has 0 amide bonds. The van der Waals surface area contributed by atoms with Crippen molar-refractivity contribution in [1.29, 1.82) is 0 Å². The van der Waals surface area contributed by atoms with Crippen LogP contribution < -0.4 is 0 Å². The Labute approximate surface area is 85.3 Å². The van der Waals surface area contributed by atoms with E-state index in [1.807, 2.05) is 24.3 Å². The molecule has 1 fully saturated rings. The van der Waals surface area contributed by atoms with E-state index in [2.05, 4.69) is 15.9 Å². The minimum Gasteiger partial charge on any atom is -0.368 e. The van der Waals surface area contributed by atoms with Crippen LogP contribution in [0, 0.1) is 5.92 Å². The minimum absolute atomic E-state index is 0.0428. The van der Waals surface area contributed by atoms with Crippen LogP contribution in [0.25, 0.3) is 0 Å². The van der Waals surface area contributed by atoms with Gasteiger partial charge in [-0.05, 0) is 30.0 Å². The zero-order valence-corrected chi connectivity index (χ0v) is 8.61. The largest absolute Gasteiger partial charge is 0.368 e. The molecule has 3 heteroatoms. The number of halogens is 1. The molecule has 13 heavy (non-hydrogen) atoms. The van der Waals surface area contributed by atoms with Crippen molar-refractivity contribution in [3.8, 4) is 0 Å². The maximum absolute atomic E-state index is 8.92. The Hall–Kier alpha value is -0.380. The fourth-order valence-corrected chi connectivity index (χ4v) is 1.90. The van der Waals surface area contributed by atoms with Gasteiger partial charge in [0, 0.05) is 10.4 Å². The Balaban J connectivity index is 2.08. The normalized spacial score (nSPS) is 26.5. The van der Waals surface area contributed by atoms with E-state index in [1.54, 1.807) is 0 Å². The van der Waals surface area contributed by atoms with Crippen LogP contribution in [-0.2, 0) is 0 Å². The second-order valence-corrected chi connectivity index (χ2v) is 4.39. The van der Waals surface area contributed by atoms with Gasteiger partial charge in [-0.1, -0.05) is 28.1 Å². The van der Waals surface area contributed by atoms with Crippen LogP contribution >= 0.6 is 15.9 Å². The first-order valence-corrected chi connectivity index (χ1v) is 5.09. The molecule has 0 aliphatic heterocycles. The number of hydrogen-bond acceptors (Lipinski definition) is 2. The molecule has 0 saturated heterocycles. The van der Waals surface area contributed by atoms with Gasteiger partial charge >= 0.3 is 0 Å². The highest BCUT2D eigenvalue weighted by Crippen LogP contribution is 2.48. The summed E-state index contributed by atoms with van der Waals surface area (Å²) in [6.45, 7) is 0. The van der Waals surface area contributed by atoms with Gasteiger partial charge in [0.2, 0.25) is 0 Å². The zero-order chi connectivity index (χ0) is 9.42. The van der Waals surface area contributed by atoms with Crippen LogP contribution in [0.1, 0.15) is 17.9 Å². The van der Waals surface area contributed by atoms with Crippen molar-refractivity contribution in [2.45, 2.75) is 18.6 Å². The lowest BCUT2D eigenvalue weighted by molar-refractivity contribution is -0.0577. The molecular weight excluding hydrogens is 232 g/mol. The van der Waals surface area contributed by atoms with E-state index in [0.29, 0.717) is 5.92 Å². The summed E-state index contributed by atoms with van der Waals surface area (Å²) in [7, 11) is 0. The predicted molar refractivity (Wildman–Crippen MR) is 53.2 cm³/mol. The molecule has 1 saturated carbocycles. The van der Waals surface area contributed by atoms with Crippen molar-refractivity contribution >= 4 is 15.9 Å². The van der Waals surface area contributed by atoms with Gasteiger partial charge in [0.15, 0.2) is 6.29 Å². The van der Waals surface area contributed by atoms with E-state index in [9.17, 15) is 0 Å². The van der Waals surface area contributed by atoms with Crippen molar-refractivity contribution in [2.24, 2.45) is 5.92 Å². The molecular formula is C10H11BrO2. The first-order valence-electron chi connectivity index (χ1n) is 4.30. The summed E-state index contributed by atoms with van der Waals surface area (Å²) in [5, 5.41) is 17.8. The van der Waals surface area contributed by atoms with Crippen LogP contribution in [0.15, 0.2) is 28.7 Å². The fourth-order valence-electron chi connectivity index (χ4n) is 1.64. The highest BCUT2D eigenvalue weighted by Gasteiger charge is 2.42. The van der Waals surface area contributed by atoms with Gasteiger partial charge in [-0.15, -0.1) is 0 Å². The quantitative estimate of drug-likeness (QED) is 0.778. The molecule has 70 valence electrons. The Kier molecular flexibility index (Phi) is 2.41. The van der Waals surface area contributed by atoms with Crippen LogP contribution in [-0.4, -0.2) is 16.5 Å². The highest BCUT2D eigenvalue weighted by atomic mass is 79.9. The van der Waals surface area contributed by atoms with Crippen molar-refractivity contribution < 1.29 is 10.2 Å². The van der Waals surface area contributed by atoms with Gasteiger partial charge in [-0.25, -0.2) is 0 Å². The van der Waals surface area contributed by atoms with Crippen LogP contribution in [0.3, 0.4) is 0 Å². The molecule has 0 radical (unpaired) electrons. The third kappa shape index (κ3) is 1.93. The predicted octanol–water partition coefficient (Wildman–Crippen LogP) is 1.86. The Morgan fingerprint density at radius 1 is 1.23 bits per heavy atom. The average Bonchev–Trinajstić information content (AvgIpc) is 2.85. The molecule has 2 rings (SSSR count). The first-order chi connectivity index (χ1) is 6.18. The van der Waals surface area contributed by atoms with Crippen molar-refractivity contribution in [3.63, 3.8) is 0 Å². The summed E-state index contributed by atoms with van der Waals surface area (Å²) in [5.74, 6) is 0.384. The molecule has 0 spiro atoms. The second kappa shape index (κ2) is 3.40. The molecule has 1 aromatic carbocycles. The zero-order valence-electron chi connectivity index (χ0n) is 7.02. The SMILES string of the molecule is OC(O)[C@H]1C[C@@H]1c1ccc(Br)cc1. The van der Waals surface area contributed by atoms with Crippen molar-refractivity contribution in [1.82, 2.24) is 0 Å². The molecule has 1 aromatic rings. The summed E-state index contributed by atoms with van der Waals surface area (Å²) < 4.78 is 1.05. The third-order valence-electron chi connectivity index (χ3n) is 2.52. The maximum Gasteiger partial charge on any atom is 0.154 e. The highest BCUT2D eigenvalue weighted by molar-refractivity contribution is 9.10. The molecule has 1 aliphatic carbocycles. The van der Waals surface area contributed by atoms with Gasteiger partial charge in [-0.2, -0.15) is 0 Å². The smallest absolute Gasteiger partial charge is 0.154 e. The summed E-state index contributed by atoms with van der Waals surface area (Å²) in [6, 6.07) is 8.01. The molecule has 2 nitrogen and oxygen atoms in total. The van der Waals surface area contributed by atoms with E-state index in [0.717, 1.165) is 10.9 Å². The minimum atomic E-state index is -1.16. The molecule has 2 N–H and O–H groups in total. The average molecular weight is 243 g/mol. The molecule has 0 unspecified atom stereocenters. The fraction of sp³-hybridized carbons (Fsp3) is 0.400. The Bertz CT molecular complexity index is 294. The van der Waals surface area contributed by atoms with Crippen LogP contribution in [0.4, 0.5) is 0 Å². The standard InChI is InChI=1S/C10H11BrO2/c11-7-3-1-6(2-4-7)8-5-9(8)10(12)13/h1-4,8-10,12-13H,5H2/t8-,9+/m1/s1. The number of hydrogen-bond donors (Lipinski definition) is 2. The maximum atomic E-state index is 8.92. The van der Waals surface area contributed by atoms with E-state index in [-0.39, 0.29) is 5.92 Å². The molecule has 0 aromatic heterocycles. The van der Waals surface area contributed by atoms with E-state index in [1.165, 1.54) is 5.56 Å². The molecule has 0 heterocycles. The summed E-state index contributed by atoms with van der Waals surface area (Å²) in [4.78, 5) is 0. The Morgan fingerprint density at radius 3 is 2.31 bits per heavy atom. The van der Waals surface area contributed by atoms with Gasteiger partial charge < -0.3 is 10.2 Å². The van der Waals surface area contributed by atoms with E-state index < -0.39 is 6.29 Å². The summed E-state index contributed by atoms with van der Waals surface area (Å²) in [5.41, 5.74) is 1.20. The molecule has 2 atom stereocenters. The third-order valence-corrected chi connectivity index (χ3v) is 3.05. The number of benzene rings is 1. The van der Waals surface area contributed by atoms with Gasteiger partial charge in [0.1, 0.15) is 0 Å². The number of rotatable bonds is 2. The summed E-state index contributed by atoms with van der Waals surface area (Å²) in [6.07, 6.45) is -0.270. The molecule has 0 bridgehead atoms. The lowest BCUT2D eigenvalue weighted by Gasteiger charge is -2.02. The monoisotopic (exact) mass is 242 g/mol. The topological polar surface area (TPSA) is 40.5 Å². The van der Waals surface area contributed by atoms with Crippen LogP contribution in [0.2, 0.25) is 0 Å². The van der Waals surface area contributed by atoms with Crippen LogP contribution in [0.5, 0.6) is 0 Å². The second-order valence-electron chi connectivity index (χ2n) is 3.47. The first kappa shape index (κ1) is 9.19.